The number of esters is 1. The minimum absolute atomic E-state index is 0.161. The molecule has 0 radical (unpaired) electrons. The minimum Gasteiger partial charge on any atom is -0.459 e. The maximum Gasteiger partial charge on any atom is 0.319 e. The fourth-order valence-corrected chi connectivity index (χ4v) is 2.37. The van der Waals surface area contributed by atoms with E-state index < -0.39 is 5.60 Å². The van der Waals surface area contributed by atoms with Gasteiger partial charge < -0.3 is 4.74 Å². The van der Waals surface area contributed by atoms with E-state index in [0.29, 0.717) is 0 Å². The average Bonchev–Trinajstić information content (AvgIpc) is 2.21. The lowest BCUT2D eigenvalue weighted by atomic mass is 10.1. The van der Waals surface area contributed by atoms with Crippen molar-refractivity contribution in [3.63, 3.8) is 0 Å². The number of rotatable bonds is 3. The van der Waals surface area contributed by atoms with Crippen molar-refractivity contribution in [3.05, 3.63) is 29.3 Å². The van der Waals surface area contributed by atoms with Gasteiger partial charge in [0.2, 0.25) is 0 Å². The van der Waals surface area contributed by atoms with Crippen molar-refractivity contribution >= 4 is 17.7 Å². The Bertz CT molecular complexity index is 433. The van der Waals surface area contributed by atoms with E-state index in [0.717, 1.165) is 4.90 Å². The van der Waals surface area contributed by atoms with Crippen LogP contribution in [0.5, 0.6) is 0 Å². The summed E-state index contributed by atoms with van der Waals surface area (Å²) >= 11 is 1.54. The van der Waals surface area contributed by atoms with Crippen molar-refractivity contribution < 1.29 is 9.53 Å². The molecule has 0 N–H and O–H groups in total. The normalized spacial score (nSPS) is 13.2. The molecule has 0 aliphatic carbocycles. The van der Waals surface area contributed by atoms with Gasteiger partial charge in [-0.15, -0.1) is 11.8 Å². The second kappa shape index (κ2) is 5.79. The molecular formula is C15H22O2S. The second-order valence-electron chi connectivity index (χ2n) is 5.54. The predicted molar refractivity (Wildman–Crippen MR) is 77.1 cm³/mol. The van der Waals surface area contributed by atoms with E-state index in [9.17, 15) is 4.79 Å². The van der Waals surface area contributed by atoms with E-state index in [2.05, 4.69) is 26.0 Å². The van der Waals surface area contributed by atoms with E-state index in [-0.39, 0.29) is 11.2 Å². The quantitative estimate of drug-likeness (QED) is 0.608. The van der Waals surface area contributed by atoms with Crippen molar-refractivity contribution in [3.8, 4) is 0 Å². The third kappa shape index (κ3) is 4.73. The molecule has 1 unspecified atom stereocenters. The van der Waals surface area contributed by atoms with Crippen LogP contribution in [0.15, 0.2) is 23.1 Å². The van der Waals surface area contributed by atoms with E-state index >= 15 is 0 Å². The highest BCUT2D eigenvalue weighted by Crippen LogP contribution is 2.26. The van der Waals surface area contributed by atoms with E-state index in [1.807, 2.05) is 33.8 Å². The summed E-state index contributed by atoms with van der Waals surface area (Å²) in [6.07, 6.45) is 0. The van der Waals surface area contributed by atoms with Gasteiger partial charge in [0.05, 0.1) is 0 Å². The molecule has 0 aliphatic rings. The van der Waals surface area contributed by atoms with Crippen LogP contribution in [0.25, 0.3) is 0 Å². The van der Waals surface area contributed by atoms with Crippen LogP contribution in [0.2, 0.25) is 0 Å². The van der Waals surface area contributed by atoms with Gasteiger partial charge in [-0.1, -0.05) is 6.07 Å². The second-order valence-corrected chi connectivity index (χ2v) is 6.95. The molecule has 0 bridgehead atoms. The summed E-state index contributed by atoms with van der Waals surface area (Å²) in [5, 5.41) is -0.189. The Morgan fingerprint density at radius 1 is 1.22 bits per heavy atom. The Morgan fingerprint density at radius 2 is 1.83 bits per heavy atom. The maximum atomic E-state index is 11.9. The molecule has 0 fully saturated rings. The molecular weight excluding hydrogens is 244 g/mol. The molecule has 0 aromatic heterocycles. The first-order valence-corrected chi connectivity index (χ1v) is 7.04. The molecule has 100 valence electrons. The summed E-state index contributed by atoms with van der Waals surface area (Å²) in [5.74, 6) is -0.161. The zero-order chi connectivity index (χ0) is 13.9. The molecule has 0 aliphatic heterocycles. The fraction of sp³-hybridized carbons (Fsp3) is 0.533. The summed E-state index contributed by atoms with van der Waals surface area (Å²) in [7, 11) is 0. The van der Waals surface area contributed by atoms with Crippen LogP contribution >= 0.6 is 11.8 Å². The van der Waals surface area contributed by atoms with Crippen molar-refractivity contribution in [2.45, 2.75) is 57.3 Å². The fourth-order valence-electron chi connectivity index (χ4n) is 1.42. The van der Waals surface area contributed by atoms with Crippen LogP contribution in [-0.4, -0.2) is 16.8 Å². The number of hydrogen-bond donors (Lipinski definition) is 0. The summed E-state index contributed by atoms with van der Waals surface area (Å²) in [4.78, 5) is 13.0. The van der Waals surface area contributed by atoms with Gasteiger partial charge in [-0.2, -0.15) is 0 Å². The van der Waals surface area contributed by atoms with Crippen LogP contribution in [0.3, 0.4) is 0 Å². The molecule has 2 nitrogen and oxygen atoms in total. The number of aryl methyl sites for hydroxylation is 2. The number of carbonyl (C=O) groups is 1. The van der Waals surface area contributed by atoms with Crippen LogP contribution in [0.1, 0.15) is 38.8 Å². The first-order chi connectivity index (χ1) is 8.19. The molecule has 0 amide bonds. The topological polar surface area (TPSA) is 26.3 Å². The lowest BCUT2D eigenvalue weighted by molar-refractivity contribution is -0.153. The number of hydrogen-bond acceptors (Lipinski definition) is 3. The van der Waals surface area contributed by atoms with Crippen molar-refractivity contribution in [2.24, 2.45) is 0 Å². The Hall–Kier alpha value is -0.960. The molecule has 0 saturated heterocycles. The predicted octanol–water partition coefficient (Wildman–Crippen LogP) is 4.13. The summed E-state index contributed by atoms with van der Waals surface area (Å²) in [6, 6.07) is 6.24. The minimum atomic E-state index is -0.422. The van der Waals surface area contributed by atoms with Crippen LogP contribution < -0.4 is 0 Å². The van der Waals surface area contributed by atoms with Gasteiger partial charge in [0.15, 0.2) is 0 Å². The van der Waals surface area contributed by atoms with Gasteiger partial charge in [-0.05, 0) is 64.8 Å². The van der Waals surface area contributed by atoms with Crippen molar-refractivity contribution in [2.75, 3.05) is 0 Å². The van der Waals surface area contributed by atoms with E-state index in [1.165, 1.54) is 11.1 Å². The molecule has 1 atom stereocenters. The SMILES string of the molecule is Cc1ccc(SC(C)C(=O)OC(C)(C)C)cc1C. The first-order valence-electron chi connectivity index (χ1n) is 6.16. The monoisotopic (exact) mass is 266 g/mol. The Balaban J connectivity index is 2.66. The zero-order valence-corrected chi connectivity index (χ0v) is 12.9. The third-order valence-electron chi connectivity index (χ3n) is 2.53. The van der Waals surface area contributed by atoms with Gasteiger partial charge in [0.1, 0.15) is 10.9 Å². The maximum absolute atomic E-state index is 11.9. The van der Waals surface area contributed by atoms with Crippen LogP contribution in [-0.2, 0) is 9.53 Å². The smallest absolute Gasteiger partial charge is 0.319 e. The van der Waals surface area contributed by atoms with Crippen LogP contribution in [0.4, 0.5) is 0 Å². The first kappa shape index (κ1) is 15.1. The molecule has 0 heterocycles. The van der Waals surface area contributed by atoms with Gasteiger partial charge in [0, 0.05) is 4.90 Å². The molecule has 0 spiro atoms. The number of ether oxygens (including phenoxy) is 1. The highest BCUT2D eigenvalue weighted by atomic mass is 32.2. The highest BCUT2D eigenvalue weighted by molar-refractivity contribution is 8.00. The summed E-state index contributed by atoms with van der Waals surface area (Å²) in [6.45, 7) is 11.7. The molecule has 1 rings (SSSR count). The van der Waals surface area contributed by atoms with Gasteiger partial charge in [-0.25, -0.2) is 0 Å². The molecule has 1 aromatic rings. The van der Waals surface area contributed by atoms with E-state index in [4.69, 9.17) is 4.74 Å². The van der Waals surface area contributed by atoms with Gasteiger partial charge >= 0.3 is 5.97 Å². The standard InChI is InChI=1S/C15H22O2S/c1-10-7-8-13(9-11(10)2)18-12(3)14(16)17-15(4,5)6/h7-9,12H,1-6H3. The third-order valence-corrected chi connectivity index (χ3v) is 3.60. The Labute approximate surface area is 114 Å². The molecule has 1 aromatic carbocycles. The highest BCUT2D eigenvalue weighted by Gasteiger charge is 2.22. The zero-order valence-electron chi connectivity index (χ0n) is 12.0. The largest absolute Gasteiger partial charge is 0.459 e. The Kier molecular flexibility index (Phi) is 4.85. The molecule has 3 heteroatoms. The molecule has 18 heavy (non-hydrogen) atoms. The van der Waals surface area contributed by atoms with Crippen molar-refractivity contribution in [1.29, 1.82) is 0 Å². The lowest BCUT2D eigenvalue weighted by Gasteiger charge is -2.22. The number of carbonyl (C=O) groups excluding carboxylic acids is 1. The van der Waals surface area contributed by atoms with Gasteiger partial charge in [-0.3, -0.25) is 4.79 Å². The average molecular weight is 266 g/mol. The van der Waals surface area contributed by atoms with Crippen LogP contribution in [0, 0.1) is 13.8 Å². The number of benzene rings is 1. The summed E-state index contributed by atoms with van der Waals surface area (Å²) < 4.78 is 5.37. The number of thioether (sulfide) groups is 1. The Morgan fingerprint density at radius 3 is 2.33 bits per heavy atom. The van der Waals surface area contributed by atoms with Gasteiger partial charge in [0.25, 0.3) is 0 Å². The van der Waals surface area contributed by atoms with Crippen molar-refractivity contribution in [1.82, 2.24) is 0 Å². The lowest BCUT2D eigenvalue weighted by Crippen LogP contribution is -2.28. The summed E-state index contributed by atoms with van der Waals surface area (Å²) in [5.41, 5.74) is 2.09. The van der Waals surface area contributed by atoms with E-state index in [1.54, 1.807) is 11.8 Å². The molecule has 0 saturated carbocycles.